The van der Waals surface area contributed by atoms with Crippen molar-refractivity contribution >= 4 is 0 Å². The molecule has 0 fully saturated rings. The first-order valence-corrected chi connectivity index (χ1v) is 6.78. The highest BCUT2D eigenvalue weighted by molar-refractivity contribution is 4.45. The van der Waals surface area contributed by atoms with Crippen molar-refractivity contribution in [2.24, 2.45) is 0 Å². The highest BCUT2D eigenvalue weighted by Gasteiger charge is 1.91. The summed E-state index contributed by atoms with van der Waals surface area (Å²) >= 11 is 0. The van der Waals surface area contributed by atoms with Gasteiger partial charge in [-0.15, -0.1) is 0 Å². The van der Waals surface area contributed by atoms with Gasteiger partial charge in [-0.05, 0) is 12.8 Å². The molecule has 91 valence electrons. The van der Waals surface area contributed by atoms with Gasteiger partial charge in [-0.1, -0.05) is 65.2 Å². The van der Waals surface area contributed by atoms with E-state index in [4.69, 9.17) is 4.74 Å². The lowest BCUT2D eigenvalue weighted by atomic mass is 10.1. The third kappa shape index (κ3) is 14.0. The maximum atomic E-state index is 5.57. The van der Waals surface area contributed by atoms with Crippen LogP contribution in [0.25, 0.3) is 0 Å². The average Bonchev–Trinajstić information content (AvgIpc) is 2.26. The minimum absolute atomic E-state index is 0.953. The van der Waals surface area contributed by atoms with Gasteiger partial charge in [0.15, 0.2) is 0 Å². The Morgan fingerprint density at radius 2 is 1.27 bits per heavy atom. The summed E-state index contributed by atoms with van der Waals surface area (Å²) in [5, 5.41) is 0. The molecule has 0 heterocycles. The van der Waals surface area contributed by atoms with E-state index < -0.39 is 0 Å². The van der Waals surface area contributed by atoms with Crippen LogP contribution in [0.2, 0.25) is 0 Å². The molecule has 1 heteroatoms. The third-order valence-electron chi connectivity index (χ3n) is 2.68. The zero-order chi connectivity index (χ0) is 11.2. The summed E-state index contributed by atoms with van der Waals surface area (Å²) in [6.07, 6.45) is 12.9. The first kappa shape index (κ1) is 15.0. The van der Waals surface area contributed by atoms with E-state index in [9.17, 15) is 0 Å². The van der Waals surface area contributed by atoms with Crippen molar-refractivity contribution in [3.05, 3.63) is 6.92 Å². The van der Waals surface area contributed by atoms with Crippen LogP contribution in [0.15, 0.2) is 0 Å². The van der Waals surface area contributed by atoms with Crippen LogP contribution in [0.4, 0.5) is 0 Å². The van der Waals surface area contributed by atoms with E-state index in [0.29, 0.717) is 0 Å². The molecule has 0 rings (SSSR count). The molecule has 0 N–H and O–H groups in total. The van der Waals surface area contributed by atoms with Gasteiger partial charge in [-0.25, -0.2) is 0 Å². The first-order chi connectivity index (χ1) is 7.41. The van der Waals surface area contributed by atoms with E-state index in [1.807, 2.05) is 0 Å². The van der Waals surface area contributed by atoms with Crippen molar-refractivity contribution in [3.8, 4) is 0 Å². The van der Waals surface area contributed by atoms with Crippen LogP contribution < -0.4 is 0 Å². The first-order valence-electron chi connectivity index (χ1n) is 6.78. The Balaban J connectivity index is 2.81. The molecule has 0 saturated heterocycles. The minimum Gasteiger partial charge on any atom is -0.381 e. The standard InChI is InChI=1S/C14H29O/c1-3-5-7-9-10-12-14-15-13-11-8-6-4-2/h2-14H2,1H3. The van der Waals surface area contributed by atoms with Gasteiger partial charge in [0, 0.05) is 13.2 Å². The van der Waals surface area contributed by atoms with Gasteiger partial charge < -0.3 is 4.74 Å². The van der Waals surface area contributed by atoms with Gasteiger partial charge in [0.25, 0.3) is 0 Å². The van der Waals surface area contributed by atoms with E-state index in [1.54, 1.807) is 0 Å². The molecular weight excluding hydrogens is 184 g/mol. The lowest BCUT2D eigenvalue weighted by Gasteiger charge is -2.03. The zero-order valence-electron chi connectivity index (χ0n) is 10.6. The van der Waals surface area contributed by atoms with Gasteiger partial charge in [-0.3, -0.25) is 0 Å². The topological polar surface area (TPSA) is 9.23 Å². The predicted octanol–water partition coefficient (Wildman–Crippen LogP) is 4.76. The van der Waals surface area contributed by atoms with Crippen molar-refractivity contribution in [2.45, 2.75) is 71.1 Å². The van der Waals surface area contributed by atoms with Crippen LogP contribution in [0, 0.1) is 6.92 Å². The van der Waals surface area contributed by atoms with Crippen molar-refractivity contribution in [2.75, 3.05) is 13.2 Å². The van der Waals surface area contributed by atoms with Crippen LogP contribution in [-0.2, 0) is 4.74 Å². The van der Waals surface area contributed by atoms with Gasteiger partial charge >= 0.3 is 0 Å². The van der Waals surface area contributed by atoms with Crippen molar-refractivity contribution < 1.29 is 4.74 Å². The zero-order valence-corrected chi connectivity index (χ0v) is 10.6. The molecule has 0 aromatic carbocycles. The summed E-state index contributed by atoms with van der Waals surface area (Å²) < 4.78 is 5.57. The van der Waals surface area contributed by atoms with E-state index in [0.717, 1.165) is 19.6 Å². The quantitative estimate of drug-likeness (QED) is 0.425. The number of rotatable bonds is 12. The second-order valence-electron chi connectivity index (χ2n) is 4.29. The number of hydrogen-bond acceptors (Lipinski definition) is 1. The largest absolute Gasteiger partial charge is 0.381 e. The van der Waals surface area contributed by atoms with Crippen LogP contribution in [0.1, 0.15) is 71.1 Å². The Kier molecular flexibility index (Phi) is 13.9. The maximum Gasteiger partial charge on any atom is 0.0466 e. The van der Waals surface area contributed by atoms with Crippen molar-refractivity contribution in [1.29, 1.82) is 0 Å². The Bertz CT molecular complexity index is 89.5. The molecule has 0 amide bonds. The number of hydrogen-bond donors (Lipinski definition) is 0. The van der Waals surface area contributed by atoms with E-state index in [-0.39, 0.29) is 0 Å². The molecule has 0 atom stereocenters. The molecule has 0 unspecified atom stereocenters. The van der Waals surface area contributed by atoms with Gasteiger partial charge in [0.1, 0.15) is 0 Å². The summed E-state index contributed by atoms with van der Waals surface area (Å²) in [5.74, 6) is 0. The molecule has 0 aromatic heterocycles. The Hall–Kier alpha value is -0.0400. The molecule has 1 radical (unpaired) electrons. The van der Waals surface area contributed by atoms with Gasteiger partial charge in [0.05, 0.1) is 0 Å². The summed E-state index contributed by atoms with van der Waals surface area (Å²) in [5.41, 5.74) is 0. The third-order valence-corrected chi connectivity index (χ3v) is 2.68. The Morgan fingerprint density at radius 1 is 0.733 bits per heavy atom. The number of unbranched alkanes of at least 4 members (excludes halogenated alkanes) is 8. The fourth-order valence-corrected chi connectivity index (χ4v) is 1.64. The molecule has 0 bridgehead atoms. The van der Waals surface area contributed by atoms with Crippen molar-refractivity contribution in [3.63, 3.8) is 0 Å². The fourth-order valence-electron chi connectivity index (χ4n) is 1.64. The normalized spacial score (nSPS) is 10.8. The number of ether oxygens (including phenoxy) is 1. The SMILES string of the molecule is [CH2]CCCCCOCCCCCCCC. The fraction of sp³-hybridized carbons (Fsp3) is 0.929. The van der Waals surface area contributed by atoms with Crippen LogP contribution in [-0.4, -0.2) is 13.2 Å². The van der Waals surface area contributed by atoms with Crippen LogP contribution in [0.5, 0.6) is 0 Å². The average molecular weight is 213 g/mol. The second kappa shape index (κ2) is 14.0. The van der Waals surface area contributed by atoms with E-state index in [1.165, 1.54) is 57.8 Å². The smallest absolute Gasteiger partial charge is 0.0466 e. The monoisotopic (exact) mass is 213 g/mol. The van der Waals surface area contributed by atoms with E-state index >= 15 is 0 Å². The highest BCUT2D eigenvalue weighted by Crippen LogP contribution is 2.05. The molecule has 15 heavy (non-hydrogen) atoms. The molecule has 0 aliphatic rings. The molecule has 1 nitrogen and oxygen atoms in total. The molecule has 0 spiro atoms. The highest BCUT2D eigenvalue weighted by atomic mass is 16.5. The molecule has 0 saturated carbocycles. The van der Waals surface area contributed by atoms with Crippen molar-refractivity contribution in [1.82, 2.24) is 0 Å². The van der Waals surface area contributed by atoms with Gasteiger partial charge in [-0.2, -0.15) is 0 Å². The minimum atomic E-state index is 0.953. The molecule has 0 aliphatic carbocycles. The lowest BCUT2D eigenvalue weighted by molar-refractivity contribution is 0.126. The molecular formula is C14H29O. The summed E-state index contributed by atoms with van der Waals surface area (Å²) in [7, 11) is 0. The molecule has 0 aliphatic heterocycles. The summed E-state index contributed by atoms with van der Waals surface area (Å²) in [6, 6.07) is 0. The lowest BCUT2D eigenvalue weighted by Crippen LogP contribution is -1.97. The van der Waals surface area contributed by atoms with E-state index in [2.05, 4.69) is 13.8 Å². The van der Waals surface area contributed by atoms with Gasteiger partial charge in [0.2, 0.25) is 0 Å². The van der Waals surface area contributed by atoms with Crippen LogP contribution in [0.3, 0.4) is 0 Å². The Morgan fingerprint density at radius 3 is 1.87 bits per heavy atom. The summed E-state index contributed by atoms with van der Waals surface area (Å²) in [4.78, 5) is 0. The Labute approximate surface area is 96.6 Å². The summed E-state index contributed by atoms with van der Waals surface area (Å²) in [6.45, 7) is 8.01. The predicted molar refractivity (Wildman–Crippen MR) is 68.0 cm³/mol. The molecule has 0 aromatic rings. The maximum absolute atomic E-state index is 5.57. The van der Waals surface area contributed by atoms with Crippen LogP contribution >= 0.6 is 0 Å². The second-order valence-corrected chi connectivity index (χ2v) is 4.29.